The monoisotopic (exact) mass is 343 g/mol. The molecule has 3 fully saturated rings. The normalized spacial score (nSPS) is 26.8. The number of hydrogen-bond acceptors (Lipinski definition) is 4. The smallest absolute Gasteiger partial charge is 0.410 e. The molecule has 0 radical (unpaired) electrons. The van der Waals surface area contributed by atoms with Gasteiger partial charge in [0, 0.05) is 45.1 Å². The van der Waals surface area contributed by atoms with Gasteiger partial charge in [0.25, 0.3) is 0 Å². The van der Waals surface area contributed by atoms with Crippen molar-refractivity contribution in [2.75, 3.05) is 39.3 Å². The number of likely N-dealkylation sites (tertiary alicyclic amines) is 1. The van der Waals surface area contributed by atoms with Gasteiger partial charge in [0.05, 0.1) is 6.54 Å². The first-order chi connectivity index (χ1) is 12.2. The summed E-state index contributed by atoms with van der Waals surface area (Å²) in [5.74, 6) is 0. The van der Waals surface area contributed by atoms with Crippen molar-refractivity contribution in [2.45, 2.75) is 43.7 Å². The van der Waals surface area contributed by atoms with Gasteiger partial charge >= 0.3 is 6.09 Å². The fourth-order valence-corrected chi connectivity index (χ4v) is 4.48. The molecule has 1 N–H and O–H groups in total. The molecule has 0 saturated carbocycles. The highest BCUT2D eigenvalue weighted by Gasteiger charge is 2.47. The molecule has 5 nitrogen and oxygen atoms in total. The second-order valence-corrected chi connectivity index (χ2v) is 7.74. The maximum atomic E-state index is 12.3. The molecule has 136 valence electrons. The second-order valence-electron chi connectivity index (χ2n) is 7.74. The topological polar surface area (TPSA) is 44.8 Å². The third-order valence-corrected chi connectivity index (χ3v) is 6.05. The fourth-order valence-electron chi connectivity index (χ4n) is 4.48. The first-order valence-corrected chi connectivity index (χ1v) is 9.71. The van der Waals surface area contributed by atoms with Crippen molar-refractivity contribution in [2.24, 2.45) is 0 Å². The van der Waals surface area contributed by atoms with Crippen LogP contribution in [0.3, 0.4) is 0 Å². The zero-order valence-electron chi connectivity index (χ0n) is 15.0. The lowest BCUT2D eigenvalue weighted by Crippen LogP contribution is -2.53. The molecule has 1 amide bonds. The van der Waals surface area contributed by atoms with Crippen LogP contribution in [0.1, 0.15) is 31.2 Å². The Morgan fingerprint density at radius 3 is 2.72 bits per heavy atom. The Labute approximate surface area is 150 Å². The molecule has 25 heavy (non-hydrogen) atoms. The largest absolute Gasteiger partial charge is 0.441 e. The van der Waals surface area contributed by atoms with Crippen LogP contribution >= 0.6 is 0 Å². The molecule has 0 aliphatic carbocycles. The fraction of sp³-hybridized carbons (Fsp3) is 0.650. The lowest BCUT2D eigenvalue weighted by Gasteiger charge is -2.42. The van der Waals surface area contributed by atoms with Crippen LogP contribution < -0.4 is 5.32 Å². The molecule has 1 spiro atoms. The number of rotatable bonds is 4. The molecule has 0 aromatic heterocycles. The predicted molar refractivity (Wildman–Crippen MR) is 97.6 cm³/mol. The number of piperidine rings is 2. The number of nitrogens with zero attached hydrogens (tertiary/aromatic N) is 2. The Hall–Kier alpha value is -1.59. The van der Waals surface area contributed by atoms with Crippen LogP contribution in [0.2, 0.25) is 0 Å². The summed E-state index contributed by atoms with van der Waals surface area (Å²) in [5, 5.41) is 3.50. The Morgan fingerprint density at radius 2 is 2.00 bits per heavy atom. The van der Waals surface area contributed by atoms with Crippen molar-refractivity contribution in [3.8, 4) is 0 Å². The molecular weight excluding hydrogens is 314 g/mol. The summed E-state index contributed by atoms with van der Waals surface area (Å²) in [4.78, 5) is 16.8. The summed E-state index contributed by atoms with van der Waals surface area (Å²) in [6, 6.07) is 11.0. The van der Waals surface area contributed by atoms with Crippen LogP contribution in [0.4, 0.5) is 4.79 Å². The van der Waals surface area contributed by atoms with Crippen LogP contribution in [0.25, 0.3) is 0 Å². The number of amides is 1. The maximum absolute atomic E-state index is 12.3. The summed E-state index contributed by atoms with van der Waals surface area (Å²) in [6.45, 7) is 5.87. The Balaban J connectivity index is 1.29. The summed E-state index contributed by atoms with van der Waals surface area (Å²) in [6.07, 6.45) is 5.28. The van der Waals surface area contributed by atoms with Gasteiger partial charge in [0.2, 0.25) is 0 Å². The summed E-state index contributed by atoms with van der Waals surface area (Å²) >= 11 is 0. The first kappa shape index (κ1) is 16.9. The third kappa shape index (κ3) is 3.82. The van der Waals surface area contributed by atoms with Crippen molar-refractivity contribution in [1.82, 2.24) is 15.1 Å². The number of nitrogens with one attached hydrogen (secondary N) is 1. The minimum atomic E-state index is -0.244. The molecule has 1 aromatic rings. The minimum absolute atomic E-state index is 0.122. The molecule has 1 atom stereocenters. The van der Waals surface area contributed by atoms with E-state index in [1.54, 1.807) is 0 Å². The van der Waals surface area contributed by atoms with E-state index in [0.717, 1.165) is 58.5 Å². The van der Waals surface area contributed by atoms with Gasteiger partial charge in [-0.3, -0.25) is 4.90 Å². The molecule has 3 heterocycles. The molecule has 3 saturated heterocycles. The molecule has 3 aliphatic heterocycles. The quantitative estimate of drug-likeness (QED) is 0.911. The number of hydrogen-bond donors (Lipinski definition) is 1. The van der Waals surface area contributed by atoms with Gasteiger partial charge in [-0.1, -0.05) is 30.3 Å². The van der Waals surface area contributed by atoms with E-state index in [1.165, 1.54) is 18.4 Å². The Morgan fingerprint density at radius 1 is 1.20 bits per heavy atom. The van der Waals surface area contributed by atoms with Crippen molar-refractivity contribution in [3.05, 3.63) is 35.9 Å². The first-order valence-electron chi connectivity index (χ1n) is 9.71. The summed E-state index contributed by atoms with van der Waals surface area (Å²) in [7, 11) is 0. The van der Waals surface area contributed by atoms with E-state index >= 15 is 0 Å². The van der Waals surface area contributed by atoms with E-state index in [-0.39, 0.29) is 11.7 Å². The second kappa shape index (κ2) is 7.34. The van der Waals surface area contributed by atoms with Gasteiger partial charge in [-0.05, 0) is 31.4 Å². The lowest BCUT2D eigenvalue weighted by molar-refractivity contribution is -0.0127. The van der Waals surface area contributed by atoms with Gasteiger partial charge in [0.1, 0.15) is 5.60 Å². The number of ether oxygens (including phenoxy) is 1. The SMILES string of the molecule is O=C1OC2(CCN([C@H]3CCCNC3)CC2)CN1CCc1ccccc1. The van der Waals surface area contributed by atoms with E-state index in [9.17, 15) is 4.79 Å². The van der Waals surface area contributed by atoms with E-state index in [2.05, 4.69) is 34.5 Å². The Kier molecular flexibility index (Phi) is 4.95. The van der Waals surface area contributed by atoms with E-state index in [0.29, 0.717) is 6.04 Å². The molecule has 1 aromatic carbocycles. The van der Waals surface area contributed by atoms with Gasteiger partial charge < -0.3 is 15.0 Å². The van der Waals surface area contributed by atoms with Crippen LogP contribution in [0.15, 0.2) is 30.3 Å². The summed E-state index contributed by atoms with van der Waals surface area (Å²) < 4.78 is 5.87. The minimum Gasteiger partial charge on any atom is -0.441 e. The number of carbonyl (C=O) groups is 1. The summed E-state index contributed by atoms with van der Waals surface area (Å²) in [5.41, 5.74) is 1.03. The van der Waals surface area contributed by atoms with Gasteiger partial charge in [-0.2, -0.15) is 0 Å². The van der Waals surface area contributed by atoms with Crippen LogP contribution in [0.5, 0.6) is 0 Å². The van der Waals surface area contributed by atoms with Crippen molar-refractivity contribution >= 4 is 6.09 Å². The molecule has 0 unspecified atom stereocenters. The van der Waals surface area contributed by atoms with Crippen molar-refractivity contribution in [1.29, 1.82) is 0 Å². The molecule has 3 aliphatic rings. The van der Waals surface area contributed by atoms with E-state index in [1.807, 2.05) is 11.0 Å². The van der Waals surface area contributed by atoms with E-state index < -0.39 is 0 Å². The van der Waals surface area contributed by atoms with Crippen LogP contribution in [-0.2, 0) is 11.2 Å². The predicted octanol–water partition coefficient (Wildman–Crippen LogP) is 2.27. The molecule has 4 rings (SSSR count). The molecular formula is C20H29N3O2. The van der Waals surface area contributed by atoms with Gasteiger partial charge in [-0.15, -0.1) is 0 Å². The Bertz CT molecular complexity index is 578. The maximum Gasteiger partial charge on any atom is 0.410 e. The third-order valence-electron chi connectivity index (χ3n) is 6.05. The van der Waals surface area contributed by atoms with Crippen molar-refractivity contribution < 1.29 is 9.53 Å². The average Bonchev–Trinajstić information content (AvgIpc) is 2.97. The number of carbonyl (C=O) groups excluding carboxylic acids is 1. The van der Waals surface area contributed by atoms with Crippen LogP contribution in [-0.4, -0.2) is 66.8 Å². The zero-order valence-corrected chi connectivity index (χ0v) is 15.0. The molecule has 5 heteroatoms. The highest BCUT2D eigenvalue weighted by molar-refractivity contribution is 5.70. The van der Waals surface area contributed by atoms with E-state index in [4.69, 9.17) is 4.74 Å². The highest BCUT2D eigenvalue weighted by atomic mass is 16.6. The molecule has 0 bridgehead atoms. The zero-order chi connectivity index (χ0) is 17.1. The average molecular weight is 343 g/mol. The van der Waals surface area contributed by atoms with Crippen molar-refractivity contribution in [3.63, 3.8) is 0 Å². The standard InChI is InChI=1S/C20H29N3O2/c24-19-23(12-8-17-5-2-1-3-6-17)16-20(25-19)9-13-22(14-10-20)18-7-4-11-21-15-18/h1-3,5-6,18,21H,4,7-16H2/t18-/m0/s1. The van der Waals surface area contributed by atoms with Gasteiger partial charge in [-0.25, -0.2) is 4.79 Å². The van der Waals surface area contributed by atoms with Crippen LogP contribution in [0, 0.1) is 0 Å². The van der Waals surface area contributed by atoms with Gasteiger partial charge in [0.15, 0.2) is 0 Å². The highest BCUT2D eigenvalue weighted by Crippen LogP contribution is 2.34. The number of benzene rings is 1. The lowest BCUT2D eigenvalue weighted by atomic mass is 9.89.